The average Bonchev–Trinajstić information content (AvgIpc) is 3.24. The van der Waals surface area contributed by atoms with Crippen LogP contribution in [0.1, 0.15) is 98.3 Å². The number of hydrogen-bond acceptors (Lipinski definition) is 0. The molecule has 5 rings (SSSR count). The first-order valence-corrected chi connectivity index (χ1v) is 13.1. The predicted octanol–water partition coefficient (Wildman–Crippen LogP) is 8.25. The van der Waals surface area contributed by atoms with E-state index in [0.717, 1.165) is 46.8 Å². The molecular weight excluding hydrogens is 360 g/mol. The van der Waals surface area contributed by atoms with E-state index in [4.69, 9.17) is 11.6 Å². The summed E-state index contributed by atoms with van der Waals surface area (Å²) >= 11 is 6.57. The van der Waals surface area contributed by atoms with Gasteiger partial charge in [0.15, 0.2) is 0 Å². The second-order valence-electron chi connectivity index (χ2n) is 12.3. The maximum absolute atomic E-state index is 6.57. The summed E-state index contributed by atoms with van der Waals surface area (Å²) in [6, 6.07) is 0. The Kier molecular flexibility index (Phi) is 5.01. The lowest BCUT2D eigenvalue weighted by molar-refractivity contribution is -0.00635. The third kappa shape index (κ3) is 2.90. The van der Waals surface area contributed by atoms with Crippen LogP contribution in [0, 0.1) is 52.3 Å². The number of fused-ring (bicyclic) bond motifs is 4. The van der Waals surface area contributed by atoms with E-state index >= 15 is 0 Å². The lowest BCUT2D eigenvalue weighted by Gasteiger charge is -2.55. The molecule has 5 unspecified atom stereocenters. The van der Waals surface area contributed by atoms with E-state index in [0.29, 0.717) is 10.8 Å². The predicted molar refractivity (Wildman–Crippen MR) is 121 cm³/mol. The minimum absolute atomic E-state index is 0.405. The van der Waals surface area contributed by atoms with Crippen molar-refractivity contribution in [2.24, 2.45) is 52.3 Å². The van der Waals surface area contributed by atoms with Crippen molar-refractivity contribution < 1.29 is 0 Å². The van der Waals surface area contributed by atoms with Gasteiger partial charge in [0, 0.05) is 5.38 Å². The van der Waals surface area contributed by atoms with Crippen molar-refractivity contribution >= 4 is 11.6 Å². The molecule has 0 nitrogen and oxygen atoms in total. The van der Waals surface area contributed by atoms with Crippen molar-refractivity contribution in [1.82, 2.24) is 0 Å². The molecule has 0 amide bonds. The summed E-state index contributed by atoms with van der Waals surface area (Å²) in [4.78, 5) is 0. The van der Waals surface area contributed by atoms with Crippen LogP contribution in [0.3, 0.4) is 0 Å². The van der Waals surface area contributed by atoms with Crippen molar-refractivity contribution in [1.29, 1.82) is 0 Å². The van der Waals surface area contributed by atoms with Crippen molar-refractivity contribution in [3.63, 3.8) is 0 Å². The van der Waals surface area contributed by atoms with Crippen LogP contribution >= 0.6 is 11.6 Å². The van der Waals surface area contributed by atoms with Gasteiger partial charge in [-0.1, -0.05) is 58.6 Å². The van der Waals surface area contributed by atoms with Crippen LogP contribution in [-0.2, 0) is 0 Å². The number of hydrogen-bond donors (Lipinski definition) is 0. The SMILES string of the molecule is CC(C)CCC[C@@H](C)C1CCC2C3CC=C4C[C@@H](Cl)CC[C@]4(C)C3CC3C[C@]321. The van der Waals surface area contributed by atoms with Crippen LogP contribution in [0.15, 0.2) is 11.6 Å². The van der Waals surface area contributed by atoms with Crippen LogP contribution < -0.4 is 0 Å². The molecule has 0 radical (unpaired) electrons. The smallest absolute Gasteiger partial charge is 0.0373 e. The van der Waals surface area contributed by atoms with Crippen molar-refractivity contribution in [2.45, 2.75) is 104 Å². The Morgan fingerprint density at radius 1 is 1.11 bits per heavy atom. The van der Waals surface area contributed by atoms with Gasteiger partial charge in [-0.25, -0.2) is 0 Å². The van der Waals surface area contributed by atoms with Gasteiger partial charge in [-0.05, 0) is 104 Å². The number of allylic oxidation sites excluding steroid dienone is 2. The first-order chi connectivity index (χ1) is 13.4. The molecule has 0 saturated heterocycles. The first-order valence-electron chi connectivity index (χ1n) is 12.7. The summed E-state index contributed by atoms with van der Waals surface area (Å²) in [5, 5.41) is 0.405. The molecule has 0 N–H and O–H groups in total. The Hall–Kier alpha value is 0.0300. The van der Waals surface area contributed by atoms with Crippen LogP contribution in [0.2, 0.25) is 0 Å². The second-order valence-corrected chi connectivity index (χ2v) is 13.0. The van der Waals surface area contributed by atoms with Gasteiger partial charge in [0.1, 0.15) is 0 Å². The van der Waals surface area contributed by atoms with E-state index in [1.807, 2.05) is 0 Å². The van der Waals surface area contributed by atoms with Crippen LogP contribution in [0.25, 0.3) is 0 Å². The van der Waals surface area contributed by atoms with Gasteiger partial charge in [0.05, 0.1) is 0 Å². The fourth-order valence-corrected chi connectivity index (χ4v) is 9.53. The van der Waals surface area contributed by atoms with E-state index in [-0.39, 0.29) is 0 Å². The molecule has 28 heavy (non-hydrogen) atoms. The highest BCUT2D eigenvalue weighted by molar-refractivity contribution is 6.20. The summed E-state index contributed by atoms with van der Waals surface area (Å²) < 4.78 is 0. The molecule has 1 spiro atoms. The van der Waals surface area contributed by atoms with Crippen molar-refractivity contribution in [3.8, 4) is 0 Å². The summed E-state index contributed by atoms with van der Waals surface area (Å²) in [5.41, 5.74) is 3.03. The third-order valence-corrected chi connectivity index (χ3v) is 11.0. The molecular formula is C27H43Cl. The Bertz CT molecular complexity index is 634. The zero-order valence-electron chi connectivity index (χ0n) is 18.9. The maximum Gasteiger partial charge on any atom is 0.0373 e. The van der Waals surface area contributed by atoms with Crippen molar-refractivity contribution in [2.75, 3.05) is 0 Å². The van der Waals surface area contributed by atoms with Gasteiger partial charge >= 0.3 is 0 Å². The monoisotopic (exact) mass is 402 g/mol. The highest BCUT2D eigenvalue weighted by Crippen LogP contribution is 2.79. The van der Waals surface area contributed by atoms with Gasteiger partial charge < -0.3 is 0 Å². The zero-order valence-corrected chi connectivity index (χ0v) is 19.6. The minimum atomic E-state index is 0.405. The summed E-state index contributed by atoms with van der Waals surface area (Å²) in [6.45, 7) is 10.0. The Morgan fingerprint density at radius 2 is 1.93 bits per heavy atom. The van der Waals surface area contributed by atoms with E-state index in [1.165, 1.54) is 44.9 Å². The standard InChI is InChI=1S/C27H43Cl/c1-17(2)6-5-7-18(3)23-10-11-24-22-9-8-19-14-21(28)12-13-26(19,4)25(22)15-20-16-27(20,23)24/h8,17-18,20-25H,5-7,9-16H2,1-4H3/t18-,20?,21+,22?,23?,24?,25?,26+,27-/m1/s1. The molecule has 0 aliphatic heterocycles. The third-order valence-electron chi connectivity index (χ3n) is 10.7. The molecule has 0 aromatic heterocycles. The fraction of sp³-hybridized carbons (Fsp3) is 0.926. The molecule has 0 aromatic carbocycles. The molecule has 0 heterocycles. The first kappa shape index (κ1) is 20.0. The topological polar surface area (TPSA) is 0 Å². The maximum atomic E-state index is 6.57. The molecule has 5 aliphatic carbocycles. The van der Waals surface area contributed by atoms with Gasteiger partial charge in [0.2, 0.25) is 0 Å². The van der Waals surface area contributed by atoms with E-state index in [2.05, 4.69) is 33.8 Å². The molecule has 0 bridgehead atoms. The summed E-state index contributed by atoms with van der Waals surface area (Å²) in [5.74, 6) is 6.97. The van der Waals surface area contributed by atoms with Crippen molar-refractivity contribution in [3.05, 3.63) is 11.6 Å². The fourth-order valence-electron chi connectivity index (χ4n) is 9.26. The second kappa shape index (κ2) is 7.03. The highest BCUT2D eigenvalue weighted by Gasteiger charge is 2.72. The Morgan fingerprint density at radius 3 is 2.71 bits per heavy atom. The summed E-state index contributed by atoms with van der Waals surface area (Å²) in [6.07, 6.45) is 18.4. The quantitative estimate of drug-likeness (QED) is 0.320. The molecule has 1 heteroatoms. The minimum Gasteiger partial charge on any atom is -0.123 e. The number of halogens is 1. The van der Waals surface area contributed by atoms with E-state index in [1.54, 1.807) is 31.3 Å². The van der Waals surface area contributed by atoms with E-state index < -0.39 is 0 Å². The van der Waals surface area contributed by atoms with Crippen LogP contribution in [0.4, 0.5) is 0 Å². The van der Waals surface area contributed by atoms with Gasteiger partial charge in [-0.15, -0.1) is 11.6 Å². The number of rotatable bonds is 5. The number of alkyl halides is 1. The van der Waals surface area contributed by atoms with Gasteiger partial charge in [0.25, 0.3) is 0 Å². The molecule has 158 valence electrons. The molecule has 0 aromatic rings. The van der Waals surface area contributed by atoms with Gasteiger partial charge in [-0.2, -0.15) is 0 Å². The van der Waals surface area contributed by atoms with Gasteiger partial charge in [-0.3, -0.25) is 0 Å². The largest absolute Gasteiger partial charge is 0.123 e. The molecule has 4 saturated carbocycles. The zero-order chi connectivity index (χ0) is 19.7. The van der Waals surface area contributed by atoms with Crippen LogP contribution in [-0.4, -0.2) is 5.38 Å². The Balaban J connectivity index is 1.33. The highest BCUT2D eigenvalue weighted by atomic mass is 35.5. The molecule has 5 aliphatic rings. The lowest BCUT2D eigenvalue weighted by Crippen LogP contribution is -2.48. The van der Waals surface area contributed by atoms with E-state index in [9.17, 15) is 0 Å². The molecule has 4 fully saturated rings. The molecule has 9 atom stereocenters. The lowest BCUT2D eigenvalue weighted by atomic mass is 9.50. The average molecular weight is 403 g/mol. The summed E-state index contributed by atoms with van der Waals surface area (Å²) in [7, 11) is 0. The normalized spacial score (nSPS) is 50.3. The van der Waals surface area contributed by atoms with Crippen LogP contribution in [0.5, 0.6) is 0 Å². The Labute approximate surface area is 179 Å².